The molecule has 0 N–H and O–H groups in total. The van der Waals surface area contributed by atoms with Crippen LogP contribution in [0.1, 0.15) is 37.5 Å². The molecular formula is C21H24O2S2. The topological polar surface area (TPSA) is 34.1 Å². The molecule has 4 heteroatoms. The Kier molecular flexibility index (Phi) is 5.03. The Morgan fingerprint density at radius 3 is 2.12 bits per heavy atom. The molecular weight excluding hydrogens is 348 g/mol. The molecule has 2 aromatic carbocycles. The normalized spacial score (nSPS) is 12.6. The van der Waals surface area contributed by atoms with E-state index in [4.69, 9.17) is 0 Å². The van der Waals surface area contributed by atoms with Crippen molar-refractivity contribution < 1.29 is 8.42 Å². The van der Waals surface area contributed by atoms with Crippen molar-refractivity contribution in [1.82, 2.24) is 0 Å². The molecule has 0 amide bonds. The SMILES string of the molecule is CC(C)(C)S(=O)(=O)Cc1ccc(CCc2ccc3sccc3c2)cc1. The van der Waals surface area contributed by atoms with Crippen LogP contribution in [0, 0.1) is 0 Å². The number of hydrogen-bond donors (Lipinski definition) is 0. The van der Waals surface area contributed by atoms with Crippen LogP contribution in [0.5, 0.6) is 0 Å². The van der Waals surface area contributed by atoms with Crippen LogP contribution in [0.25, 0.3) is 10.1 Å². The minimum Gasteiger partial charge on any atom is -0.228 e. The lowest BCUT2D eigenvalue weighted by molar-refractivity contribution is 0.559. The molecule has 0 aliphatic heterocycles. The maximum atomic E-state index is 12.3. The lowest BCUT2D eigenvalue weighted by Crippen LogP contribution is -2.29. The van der Waals surface area contributed by atoms with Gasteiger partial charge in [-0.15, -0.1) is 11.3 Å². The van der Waals surface area contributed by atoms with Crippen molar-refractivity contribution in [3.05, 3.63) is 70.6 Å². The van der Waals surface area contributed by atoms with Gasteiger partial charge in [-0.05, 0) is 73.2 Å². The fourth-order valence-corrected chi connectivity index (χ4v) is 4.53. The fraction of sp³-hybridized carbons (Fsp3) is 0.333. The van der Waals surface area contributed by atoms with Crippen LogP contribution in [-0.4, -0.2) is 13.2 Å². The zero-order valence-electron chi connectivity index (χ0n) is 15.0. The predicted molar refractivity (Wildman–Crippen MR) is 108 cm³/mol. The van der Waals surface area contributed by atoms with Crippen molar-refractivity contribution in [2.24, 2.45) is 0 Å². The number of fused-ring (bicyclic) bond motifs is 1. The molecule has 0 atom stereocenters. The fourth-order valence-electron chi connectivity index (χ4n) is 2.70. The Hall–Kier alpha value is -1.65. The number of benzene rings is 2. The maximum Gasteiger partial charge on any atom is 0.159 e. The molecule has 2 nitrogen and oxygen atoms in total. The highest BCUT2D eigenvalue weighted by Crippen LogP contribution is 2.23. The van der Waals surface area contributed by atoms with Crippen LogP contribution in [-0.2, 0) is 28.4 Å². The number of rotatable bonds is 5. The van der Waals surface area contributed by atoms with Gasteiger partial charge in [0.15, 0.2) is 9.84 Å². The molecule has 0 aliphatic carbocycles. The number of aryl methyl sites for hydroxylation is 2. The summed E-state index contributed by atoms with van der Waals surface area (Å²) in [5, 5.41) is 3.43. The third-order valence-electron chi connectivity index (χ3n) is 4.53. The molecule has 3 aromatic rings. The highest BCUT2D eigenvalue weighted by molar-refractivity contribution is 7.91. The lowest BCUT2D eigenvalue weighted by atomic mass is 10.0. The molecule has 1 heterocycles. The van der Waals surface area contributed by atoms with Crippen molar-refractivity contribution in [3.8, 4) is 0 Å². The van der Waals surface area contributed by atoms with Gasteiger partial charge in [0.1, 0.15) is 0 Å². The molecule has 3 rings (SSSR count). The highest BCUT2D eigenvalue weighted by atomic mass is 32.2. The predicted octanol–water partition coefficient (Wildman–Crippen LogP) is 5.40. The van der Waals surface area contributed by atoms with Gasteiger partial charge in [-0.3, -0.25) is 0 Å². The second kappa shape index (κ2) is 6.93. The summed E-state index contributed by atoms with van der Waals surface area (Å²) in [6.45, 7) is 5.25. The summed E-state index contributed by atoms with van der Waals surface area (Å²) in [4.78, 5) is 0. The average Bonchev–Trinajstić information content (AvgIpc) is 3.00. The van der Waals surface area contributed by atoms with Crippen molar-refractivity contribution in [3.63, 3.8) is 0 Å². The van der Waals surface area contributed by atoms with Crippen LogP contribution in [0.2, 0.25) is 0 Å². The molecule has 0 radical (unpaired) electrons. The molecule has 1 aromatic heterocycles. The second-order valence-electron chi connectivity index (χ2n) is 7.48. The molecule has 0 spiro atoms. The van der Waals surface area contributed by atoms with Gasteiger partial charge in [0.25, 0.3) is 0 Å². The summed E-state index contributed by atoms with van der Waals surface area (Å²) in [6, 6.07) is 16.8. The van der Waals surface area contributed by atoms with E-state index in [1.807, 2.05) is 12.1 Å². The van der Waals surface area contributed by atoms with Crippen molar-refractivity contribution >= 4 is 31.3 Å². The minimum atomic E-state index is -3.13. The van der Waals surface area contributed by atoms with E-state index in [1.54, 1.807) is 32.1 Å². The van der Waals surface area contributed by atoms with E-state index in [-0.39, 0.29) is 5.75 Å². The zero-order valence-corrected chi connectivity index (χ0v) is 16.6. The first-order chi connectivity index (χ1) is 11.7. The average molecular weight is 373 g/mol. The van der Waals surface area contributed by atoms with Gasteiger partial charge >= 0.3 is 0 Å². The Morgan fingerprint density at radius 2 is 1.44 bits per heavy atom. The van der Waals surface area contributed by atoms with E-state index in [2.05, 4.69) is 41.8 Å². The van der Waals surface area contributed by atoms with Gasteiger partial charge < -0.3 is 0 Å². The van der Waals surface area contributed by atoms with E-state index in [9.17, 15) is 8.42 Å². The molecule has 0 bridgehead atoms. The molecule has 0 unspecified atom stereocenters. The van der Waals surface area contributed by atoms with Crippen molar-refractivity contribution in [2.45, 2.75) is 44.1 Å². The molecule has 25 heavy (non-hydrogen) atoms. The Bertz CT molecular complexity index is 959. The van der Waals surface area contributed by atoms with E-state index in [0.29, 0.717) is 0 Å². The van der Waals surface area contributed by atoms with Gasteiger partial charge in [-0.2, -0.15) is 0 Å². The van der Waals surface area contributed by atoms with Gasteiger partial charge in [0.05, 0.1) is 10.5 Å². The Labute approximate surface area is 154 Å². The molecule has 0 aliphatic rings. The lowest BCUT2D eigenvalue weighted by Gasteiger charge is -2.19. The summed E-state index contributed by atoms with van der Waals surface area (Å²) < 4.78 is 25.2. The smallest absolute Gasteiger partial charge is 0.159 e. The standard InChI is InChI=1S/C21H24O2S2/c1-21(2,3)25(22,23)15-18-8-5-16(6-9-18)4-7-17-10-11-20-19(14-17)12-13-24-20/h5-6,8-14H,4,7,15H2,1-3H3. The van der Waals surface area contributed by atoms with Gasteiger partial charge in [0, 0.05) is 4.70 Å². The van der Waals surface area contributed by atoms with Crippen molar-refractivity contribution in [1.29, 1.82) is 0 Å². The second-order valence-corrected chi connectivity index (χ2v) is 11.2. The number of thiophene rings is 1. The molecule has 0 fully saturated rings. The molecule has 0 saturated heterocycles. The van der Waals surface area contributed by atoms with Crippen LogP contribution in [0.4, 0.5) is 0 Å². The third kappa shape index (κ3) is 4.31. The molecule has 132 valence electrons. The zero-order chi connectivity index (χ0) is 18.1. The first-order valence-electron chi connectivity index (χ1n) is 8.51. The Morgan fingerprint density at radius 1 is 0.840 bits per heavy atom. The van der Waals surface area contributed by atoms with Gasteiger partial charge in [-0.25, -0.2) is 8.42 Å². The summed E-state index contributed by atoms with van der Waals surface area (Å²) in [5.74, 6) is 0.103. The quantitative estimate of drug-likeness (QED) is 0.601. The summed E-state index contributed by atoms with van der Waals surface area (Å²) >= 11 is 1.77. The van der Waals surface area contributed by atoms with Crippen LogP contribution >= 0.6 is 11.3 Å². The van der Waals surface area contributed by atoms with E-state index in [0.717, 1.165) is 18.4 Å². The van der Waals surface area contributed by atoms with Gasteiger partial charge in [-0.1, -0.05) is 36.4 Å². The minimum absolute atomic E-state index is 0.103. The highest BCUT2D eigenvalue weighted by Gasteiger charge is 2.28. The number of sulfone groups is 1. The largest absolute Gasteiger partial charge is 0.228 e. The molecule has 0 saturated carbocycles. The first kappa shape index (κ1) is 18.2. The van der Waals surface area contributed by atoms with E-state index < -0.39 is 14.6 Å². The monoisotopic (exact) mass is 372 g/mol. The van der Waals surface area contributed by atoms with Crippen molar-refractivity contribution in [2.75, 3.05) is 0 Å². The van der Waals surface area contributed by atoms with Crippen LogP contribution in [0.15, 0.2) is 53.9 Å². The third-order valence-corrected chi connectivity index (χ3v) is 8.01. The summed E-state index contributed by atoms with van der Waals surface area (Å²) in [6.07, 6.45) is 1.95. The summed E-state index contributed by atoms with van der Waals surface area (Å²) in [7, 11) is -3.13. The van der Waals surface area contributed by atoms with Crippen LogP contribution in [0.3, 0.4) is 0 Å². The van der Waals surface area contributed by atoms with E-state index >= 15 is 0 Å². The number of hydrogen-bond acceptors (Lipinski definition) is 3. The maximum absolute atomic E-state index is 12.3. The first-order valence-corrected chi connectivity index (χ1v) is 11.0. The van der Waals surface area contributed by atoms with Gasteiger partial charge in [0.2, 0.25) is 0 Å². The van der Waals surface area contributed by atoms with E-state index in [1.165, 1.54) is 21.2 Å². The Balaban J connectivity index is 1.64. The summed E-state index contributed by atoms with van der Waals surface area (Å²) in [5.41, 5.74) is 3.44. The van der Waals surface area contributed by atoms with Crippen LogP contribution < -0.4 is 0 Å².